The van der Waals surface area contributed by atoms with Gasteiger partial charge in [0, 0.05) is 17.8 Å². The van der Waals surface area contributed by atoms with Gasteiger partial charge in [-0.05, 0) is 19.3 Å². The highest BCUT2D eigenvalue weighted by Crippen LogP contribution is 2.21. The average molecular weight is 149 g/mol. The van der Waals surface area contributed by atoms with E-state index in [-0.39, 0.29) is 5.78 Å². The zero-order chi connectivity index (χ0) is 7.68. The van der Waals surface area contributed by atoms with E-state index in [4.69, 9.17) is 0 Å². The topological polar surface area (TPSA) is 29.1 Å². The number of fused-ring (bicyclic) bond motifs is 1. The van der Waals surface area contributed by atoms with Gasteiger partial charge in [-0.3, -0.25) is 4.79 Å². The van der Waals surface area contributed by atoms with Gasteiger partial charge in [0.25, 0.3) is 0 Å². The predicted octanol–water partition coefficient (Wildman–Crippen LogP) is 1.15. The molecule has 2 heteroatoms. The molecule has 58 valence electrons. The van der Waals surface area contributed by atoms with E-state index in [1.165, 1.54) is 6.42 Å². The molecule has 2 aliphatic rings. The Morgan fingerprint density at radius 1 is 1.55 bits per heavy atom. The summed E-state index contributed by atoms with van der Waals surface area (Å²) in [5.74, 6) is 0.188. The van der Waals surface area contributed by atoms with Gasteiger partial charge in [0.05, 0.1) is 6.04 Å². The van der Waals surface area contributed by atoms with Gasteiger partial charge in [0.2, 0.25) is 0 Å². The highest BCUT2D eigenvalue weighted by Gasteiger charge is 2.23. The Kier molecular flexibility index (Phi) is 1.53. The maximum absolute atomic E-state index is 11.2. The fourth-order valence-electron chi connectivity index (χ4n) is 1.66. The van der Waals surface area contributed by atoms with Crippen molar-refractivity contribution in [2.45, 2.75) is 25.3 Å². The second-order valence-corrected chi connectivity index (χ2v) is 3.01. The standard InChI is InChI=1S/C9H11NO/c11-9-5-6-10-8-4-2-1-3-7(8)9/h3,5-6,8,10H,1-2,4H2. The molecule has 2 nitrogen and oxygen atoms in total. The summed E-state index contributed by atoms with van der Waals surface area (Å²) >= 11 is 0. The summed E-state index contributed by atoms with van der Waals surface area (Å²) in [5, 5.41) is 3.18. The summed E-state index contributed by atoms with van der Waals surface area (Å²) in [6, 6.07) is 0.307. The van der Waals surface area contributed by atoms with Crippen molar-refractivity contribution in [2.24, 2.45) is 0 Å². The van der Waals surface area contributed by atoms with E-state index in [1.54, 1.807) is 12.3 Å². The first-order chi connectivity index (χ1) is 5.38. The largest absolute Gasteiger partial charge is 0.384 e. The molecule has 1 aliphatic heterocycles. The molecular weight excluding hydrogens is 138 g/mol. The number of hydrogen-bond donors (Lipinski definition) is 1. The molecule has 0 bridgehead atoms. The van der Waals surface area contributed by atoms with Gasteiger partial charge in [-0.1, -0.05) is 6.08 Å². The number of ketones is 1. The van der Waals surface area contributed by atoms with Crippen LogP contribution in [-0.4, -0.2) is 11.8 Å². The molecule has 0 amide bonds. The van der Waals surface area contributed by atoms with Crippen molar-refractivity contribution in [2.75, 3.05) is 0 Å². The van der Waals surface area contributed by atoms with Crippen LogP contribution in [-0.2, 0) is 4.79 Å². The zero-order valence-electron chi connectivity index (χ0n) is 6.34. The van der Waals surface area contributed by atoms with Crippen LogP contribution >= 0.6 is 0 Å². The first kappa shape index (κ1) is 6.65. The first-order valence-corrected chi connectivity index (χ1v) is 4.05. The maximum Gasteiger partial charge on any atom is 0.185 e. The van der Waals surface area contributed by atoms with Gasteiger partial charge >= 0.3 is 0 Å². The molecule has 1 N–H and O–H groups in total. The molecule has 11 heavy (non-hydrogen) atoms. The third-order valence-electron chi connectivity index (χ3n) is 2.25. The molecule has 1 atom stereocenters. The Balaban J connectivity index is 2.30. The van der Waals surface area contributed by atoms with Crippen molar-refractivity contribution in [3.8, 4) is 0 Å². The van der Waals surface area contributed by atoms with Gasteiger partial charge in [-0.25, -0.2) is 0 Å². The molecule has 0 aromatic heterocycles. The molecule has 1 aliphatic carbocycles. The third-order valence-corrected chi connectivity index (χ3v) is 2.25. The summed E-state index contributed by atoms with van der Waals surface area (Å²) < 4.78 is 0. The van der Waals surface area contributed by atoms with Crippen molar-refractivity contribution in [3.63, 3.8) is 0 Å². The molecule has 0 aromatic carbocycles. The summed E-state index contributed by atoms with van der Waals surface area (Å²) in [7, 11) is 0. The fraction of sp³-hybridized carbons (Fsp3) is 0.444. The van der Waals surface area contributed by atoms with Crippen LogP contribution in [0, 0.1) is 0 Å². The van der Waals surface area contributed by atoms with Gasteiger partial charge < -0.3 is 5.32 Å². The fourth-order valence-corrected chi connectivity index (χ4v) is 1.66. The van der Waals surface area contributed by atoms with Crippen LogP contribution in [0.5, 0.6) is 0 Å². The molecule has 2 rings (SSSR count). The Morgan fingerprint density at radius 2 is 2.45 bits per heavy atom. The molecule has 0 saturated heterocycles. The second-order valence-electron chi connectivity index (χ2n) is 3.01. The zero-order valence-corrected chi connectivity index (χ0v) is 6.34. The van der Waals surface area contributed by atoms with Crippen molar-refractivity contribution in [1.82, 2.24) is 5.32 Å². The predicted molar refractivity (Wildman–Crippen MR) is 43.0 cm³/mol. The van der Waals surface area contributed by atoms with E-state index in [9.17, 15) is 4.79 Å². The van der Waals surface area contributed by atoms with E-state index >= 15 is 0 Å². The van der Waals surface area contributed by atoms with Gasteiger partial charge in [0.1, 0.15) is 0 Å². The Hall–Kier alpha value is -1.05. The number of carbonyl (C=O) groups is 1. The summed E-state index contributed by atoms with van der Waals surface area (Å²) in [5.41, 5.74) is 0.971. The number of rotatable bonds is 0. The lowest BCUT2D eigenvalue weighted by Crippen LogP contribution is -2.34. The lowest BCUT2D eigenvalue weighted by molar-refractivity contribution is -0.112. The quantitative estimate of drug-likeness (QED) is 0.559. The van der Waals surface area contributed by atoms with E-state index in [2.05, 4.69) is 11.4 Å². The highest BCUT2D eigenvalue weighted by molar-refractivity contribution is 6.05. The first-order valence-electron chi connectivity index (χ1n) is 4.05. The minimum Gasteiger partial charge on any atom is -0.384 e. The lowest BCUT2D eigenvalue weighted by atomic mass is 9.90. The Bertz CT molecular complexity index is 240. The Morgan fingerprint density at radius 3 is 3.27 bits per heavy atom. The van der Waals surface area contributed by atoms with Crippen LogP contribution in [0.15, 0.2) is 23.9 Å². The smallest absolute Gasteiger partial charge is 0.185 e. The SMILES string of the molecule is O=C1C=CNC2CCCC=C12. The molecule has 1 unspecified atom stereocenters. The van der Waals surface area contributed by atoms with Crippen molar-refractivity contribution in [1.29, 1.82) is 0 Å². The van der Waals surface area contributed by atoms with Crippen LogP contribution in [0.4, 0.5) is 0 Å². The molecule has 0 spiro atoms. The lowest BCUT2D eigenvalue weighted by Gasteiger charge is -2.25. The maximum atomic E-state index is 11.2. The van der Waals surface area contributed by atoms with Crippen LogP contribution in [0.1, 0.15) is 19.3 Å². The minimum absolute atomic E-state index is 0.188. The monoisotopic (exact) mass is 149 g/mol. The summed E-state index contributed by atoms with van der Waals surface area (Å²) in [6.45, 7) is 0. The highest BCUT2D eigenvalue weighted by atomic mass is 16.1. The number of allylic oxidation sites excluding steroid dienone is 2. The van der Waals surface area contributed by atoms with Crippen molar-refractivity contribution < 1.29 is 4.79 Å². The molecular formula is C9H11NO. The molecule has 0 fully saturated rings. The summed E-state index contributed by atoms with van der Waals surface area (Å²) in [6.07, 6.45) is 8.79. The van der Waals surface area contributed by atoms with E-state index in [1.807, 2.05) is 0 Å². The third kappa shape index (κ3) is 1.09. The number of hydrogen-bond acceptors (Lipinski definition) is 2. The molecule has 0 saturated carbocycles. The van der Waals surface area contributed by atoms with Crippen molar-refractivity contribution >= 4 is 5.78 Å². The average Bonchev–Trinajstić information content (AvgIpc) is 2.06. The Labute approximate surface area is 66.0 Å². The van der Waals surface area contributed by atoms with Crippen LogP contribution in [0.3, 0.4) is 0 Å². The van der Waals surface area contributed by atoms with Crippen molar-refractivity contribution in [3.05, 3.63) is 23.9 Å². The second kappa shape index (κ2) is 2.53. The minimum atomic E-state index is 0.188. The normalized spacial score (nSPS) is 28.9. The summed E-state index contributed by atoms with van der Waals surface area (Å²) in [4.78, 5) is 11.2. The van der Waals surface area contributed by atoms with Gasteiger partial charge in [0.15, 0.2) is 5.78 Å². The number of nitrogens with one attached hydrogen (secondary N) is 1. The van der Waals surface area contributed by atoms with Crippen LogP contribution in [0.25, 0.3) is 0 Å². The molecule has 0 radical (unpaired) electrons. The van der Waals surface area contributed by atoms with Crippen LogP contribution in [0.2, 0.25) is 0 Å². The number of carbonyl (C=O) groups excluding carboxylic acids is 1. The van der Waals surface area contributed by atoms with E-state index in [0.717, 1.165) is 18.4 Å². The molecule has 1 heterocycles. The van der Waals surface area contributed by atoms with E-state index in [0.29, 0.717) is 6.04 Å². The van der Waals surface area contributed by atoms with Gasteiger partial charge in [-0.15, -0.1) is 0 Å². The van der Waals surface area contributed by atoms with E-state index < -0.39 is 0 Å². The molecule has 0 aromatic rings. The van der Waals surface area contributed by atoms with Crippen LogP contribution < -0.4 is 5.32 Å². The van der Waals surface area contributed by atoms with Gasteiger partial charge in [-0.2, -0.15) is 0 Å².